The van der Waals surface area contributed by atoms with Gasteiger partial charge in [0.15, 0.2) is 0 Å². The van der Waals surface area contributed by atoms with E-state index in [9.17, 15) is 4.79 Å². The molecule has 0 unspecified atom stereocenters. The van der Waals surface area contributed by atoms with Gasteiger partial charge in [-0.25, -0.2) is 0 Å². The summed E-state index contributed by atoms with van der Waals surface area (Å²) < 4.78 is 0. The molecule has 4 heterocycles. The first kappa shape index (κ1) is 15.4. The first-order valence-electron chi connectivity index (χ1n) is 8.72. The van der Waals surface area contributed by atoms with Crippen LogP contribution in [-0.2, 0) is 0 Å². The monoisotopic (exact) mass is 324 g/mol. The maximum atomic E-state index is 13.0. The van der Waals surface area contributed by atoms with Gasteiger partial charge in [-0.05, 0) is 38.8 Å². The number of benzene rings is 1. The molecule has 5 nitrogen and oxygen atoms in total. The van der Waals surface area contributed by atoms with Crippen molar-refractivity contribution >= 4 is 5.91 Å². The molecule has 126 valence electrons. The molecule has 3 fully saturated rings. The minimum absolute atomic E-state index is 0.0888. The third-order valence-corrected chi connectivity index (χ3v) is 5.31. The largest absolute Gasteiger partial charge is 0.333 e. The second-order valence-electron chi connectivity index (χ2n) is 7.31. The van der Waals surface area contributed by atoms with E-state index in [2.05, 4.69) is 46.1 Å². The average Bonchev–Trinajstić information content (AvgIpc) is 2.92. The summed E-state index contributed by atoms with van der Waals surface area (Å²) in [6.07, 6.45) is 2.34. The van der Waals surface area contributed by atoms with Crippen LogP contribution in [-0.4, -0.2) is 58.6 Å². The number of fused-ring (bicyclic) bond motifs is 4. The van der Waals surface area contributed by atoms with E-state index < -0.39 is 0 Å². The molecule has 2 bridgehead atoms. The molecule has 2 aromatic rings. The van der Waals surface area contributed by atoms with Crippen molar-refractivity contribution in [3.63, 3.8) is 0 Å². The molecule has 3 aliphatic heterocycles. The fourth-order valence-corrected chi connectivity index (χ4v) is 4.02. The van der Waals surface area contributed by atoms with Gasteiger partial charge in [0.25, 0.3) is 5.91 Å². The number of likely N-dealkylation sites (N-methyl/N-ethyl adjacent to an activating group) is 1. The molecule has 1 aromatic carbocycles. The Morgan fingerprint density at radius 1 is 1.17 bits per heavy atom. The van der Waals surface area contributed by atoms with Crippen molar-refractivity contribution in [1.29, 1.82) is 0 Å². The maximum absolute atomic E-state index is 13.0. The van der Waals surface area contributed by atoms with Crippen LogP contribution in [0.25, 0.3) is 11.3 Å². The van der Waals surface area contributed by atoms with Gasteiger partial charge in [-0.2, -0.15) is 5.10 Å². The summed E-state index contributed by atoms with van der Waals surface area (Å²) in [7, 11) is 2.16. The average molecular weight is 324 g/mol. The number of aromatic amines is 1. The summed E-state index contributed by atoms with van der Waals surface area (Å²) in [5.74, 6) is 0.683. The number of carbonyl (C=O) groups is 1. The van der Waals surface area contributed by atoms with E-state index in [1.807, 2.05) is 18.2 Å². The smallest absolute Gasteiger partial charge is 0.272 e. The highest BCUT2D eigenvalue weighted by atomic mass is 16.2. The van der Waals surface area contributed by atoms with Crippen molar-refractivity contribution in [2.45, 2.75) is 25.8 Å². The fraction of sp³-hybridized carbons (Fsp3) is 0.474. The molecule has 3 aliphatic rings. The van der Waals surface area contributed by atoms with Crippen molar-refractivity contribution in [3.05, 3.63) is 41.6 Å². The molecule has 1 aromatic heterocycles. The Morgan fingerprint density at radius 3 is 2.75 bits per heavy atom. The van der Waals surface area contributed by atoms with Crippen LogP contribution in [0.3, 0.4) is 0 Å². The zero-order chi connectivity index (χ0) is 16.7. The highest BCUT2D eigenvalue weighted by Crippen LogP contribution is 2.29. The van der Waals surface area contributed by atoms with Gasteiger partial charge in [0.2, 0.25) is 0 Å². The number of carbonyl (C=O) groups excluding carboxylic acids is 1. The van der Waals surface area contributed by atoms with E-state index in [0.717, 1.165) is 37.3 Å². The molecule has 0 spiro atoms. The Labute approximate surface area is 142 Å². The topological polar surface area (TPSA) is 52.2 Å². The lowest BCUT2D eigenvalue weighted by atomic mass is 9.94. The van der Waals surface area contributed by atoms with Gasteiger partial charge < -0.3 is 9.80 Å². The van der Waals surface area contributed by atoms with Gasteiger partial charge >= 0.3 is 0 Å². The summed E-state index contributed by atoms with van der Waals surface area (Å²) in [5, 5.41) is 7.30. The third-order valence-electron chi connectivity index (χ3n) is 5.31. The van der Waals surface area contributed by atoms with Crippen LogP contribution in [0.4, 0.5) is 0 Å². The van der Waals surface area contributed by atoms with Crippen molar-refractivity contribution in [2.75, 3.05) is 26.7 Å². The second kappa shape index (κ2) is 6.06. The highest BCUT2D eigenvalue weighted by molar-refractivity contribution is 5.93. The third kappa shape index (κ3) is 2.84. The van der Waals surface area contributed by atoms with E-state index in [-0.39, 0.29) is 5.91 Å². The molecule has 5 rings (SSSR count). The van der Waals surface area contributed by atoms with Crippen LogP contribution in [0.5, 0.6) is 0 Å². The number of nitrogens with zero attached hydrogens (tertiary/aromatic N) is 3. The molecular weight excluding hydrogens is 300 g/mol. The minimum atomic E-state index is 0.0888. The summed E-state index contributed by atoms with van der Waals surface area (Å²) in [6, 6.07) is 10.4. The molecule has 0 saturated carbocycles. The Bertz CT molecular complexity index is 736. The van der Waals surface area contributed by atoms with Gasteiger partial charge in [0.05, 0.1) is 5.69 Å². The standard InChI is InChI=1S/C19H24N4O/c1-13-3-6-15(7-4-13)17-9-18(21-20-17)19(24)23-11-14-5-8-16(23)12-22(2)10-14/h3-4,6-7,9,14,16H,5,8,10-12H2,1-2H3,(H,20,21)/t14-,16+/m0/s1. The normalized spacial score (nSPS) is 24.2. The number of amides is 1. The molecule has 0 aliphatic carbocycles. The van der Waals surface area contributed by atoms with Crippen LogP contribution >= 0.6 is 0 Å². The van der Waals surface area contributed by atoms with E-state index in [4.69, 9.17) is 0 Å². The van der Waals surface area contributed by atoms with Crippen molar-refractivity contribution < 1.29 is 4.79 Å². The van der Waals surface area contributed by atoms with Gasteiger partial charge in [-0.15, -0.1) is 0 Å². The SMILES string of the molecule is Cc1ccc(-c2cc(C(=O)N3C[C@H]4CC[C@@H]3CN(C)C4)[nH]n2)cc1. The number of aryl methyl sites for hydroxylation is 1. The van der Waals surface area contributed by atoms with E-state index >= 15 is 0 Å². The molecule has 24 heavy (non-hydrogen) atoms. The Hall–Kier alpha value is -2.14. The van der Waals surface area contributed by atoms with E-state index in [1.165, 1.54) is 12.0 Å². The second-order valence-corrected chi connectivity index (χ2v) is 7.31. The summed E-state index contributed by atoms with van der Waals surface area (Å²) in [4.78, 5) is 17.4. The van der Waals surface area contributed by atoms with E-state index in [0.29, 0.717) is 17.7 Å². The predicted octanol–water partition coefficient (Wildman–Crippen LogP) is 2.55. The fourth-order valence-electron chi connectivity index (χ4n) is 4.02. The molecule has 1 amide bonds. The van der Waals surface area contributed by atoms with E-state index in [1.54, 1.807) is 0 Å². The summed E-state index contributed by atoms with van der Waals surface area (Å²) in [5.41, 5.74) is 3.68. The lowest BCUT2D eigenvalue weighted by Crippen LogP contribution is -2.47. The number of nitrogens with one attached hydrogen (secondary N) is 1. The van der Waals surface area contributed by atoms with Gasteiger partial charge in [0, 0.05) is 31.2 Å². The number of rotatable bonds is 2. The van der Waals surface area contributed by atoms with Crippen LogP contribution < -0.4 is 0 Å². The zero-order valence-electron chi connectivity index (χ0n) is 14.3. The van der Waals surface area contributed by atoms with Crippen LogP contribution in [0.15, 0.2) is 30.3 Å². The van der Waals surface area contributed by atoms with Crippen molar-refractivity contribution in [3.8, 4) is 11.3 Å². The first-order valence-corrected chi connectivity index (χ1v) is 8.72. The number of H-pyrrole nitrogens is 1. The van der Waals surface area contributed by atoms with Crippen LogP contribution in [0.1, 0.15) is 28.9 Å². The van der Waals surface area contributed by atoms with Crippen molar-refractivity contribution in [1.82, 2.24) is 20.0 Å². The number of hydrogen-bond acceptors (Lipinski definition) is 3. The molecule has 5 heteroatoms. The Morgan fingerprint density at radius 2 is 1.96 bits per heavy atom. The first-order chi connectivity index (χ1) is 11.6. The lowest BCUT2D eigenvalue weighted by molar-refractivity contribution is 0.0581. The molecular formula is C19H24N4O. The Balaban J connectivity index is 1.56. The summed E-state index contributed by atoms with van der Waals surface area (Å²) in [6.45, 7) is 5.00. The number of aromatic nitrogens is 2. The van der Waals surface area contributed by atoms with Gasteiger partial charge in [0.1, 0.15) is 5.69 Å². The maximum Gasteiger partial charge on any atom is 0.272 e. The minimum Gasteiger partial charge on any atom is -0.333 e. The molecule has 3 saturated heterocycles. The van der Waals surface area contributed by atoms with Crippen molar-refractivity contribution in [2.24, 2.45) is 5.92 Å². The highest BCUT2D eigenvalue weighted by Gasteiger charge is 2.36. The number of hydrogen-bond donors (Lipinski definition) is 1. The quantitative estimate of drug-likeness (QED) is 0.924. The molecule has 0 radical (unpaired) electrons. The summed E-state index contributed by atoms with van der Waals surface area (Å²) >= 11 is 0. The number of piperidine rings is 1. The zero-order valence-corrected chi connectivity index (χ0v) is 14.3. The van der Waals surface area contributed by atoms with Gasteiger partial charge in [-0.3, -0.25) is 9.89 Å². The van der Waals surface area contributed by atoms with Crippen LogP contribution in [0, 0.1) is 12.8 Å². The molecule has 2 atom stereocenters. The Kier molecular flexibility index (Phi) is 3.88. The van der Waals surface area contributed by atoms with Crippen LogP contribution in [0.2, 0.25) is 0 Å². The lowest BCUT2D eigenvalue weighted by Gasteiger charge is -2.35. The van der Waals surface area contributed by atoms with Gasteiger partial charge in [-0.1, -0.05) is 29.8 Å². The molecule has 1 N–H and O–H groups in total. The predicted molar refractivity (Wildman–Crippen MR) is 93.8 cm³/mol.